The number of ketones is 1. The van der Waals surface area contributed by atoms with Crippen LogP contribution in [0.5, 0.6) is 0 Å². The number of benzene rings is 2. The molecule has 1 aliphatic rings. The largest absolute Gasteiger partial charge is 0.469 e. The fraction of sp³-hybridized carbons (Fsp3) is 0.333. The minimum atomic E-state index is -0.925. The molecule has 1 N–H and O–H groups in total. The summed E-state index contributed by atoms with van der Waals surface area (Å²) in [5.74, 6) is -0.444. The molecule has 12 heteroatoms. The van der Waals surface area contributed by atoms with E-state index >= 15 is 0 Å². The number of nitrogens with one attached hydrogen (secondary N) is 1. The summed E-state index contributed by atoms with van der Waals surface area (Å²) in [5.41, 5.74) is 1.98. The zero-order valence-electron chi connectivity index (χ0n) is 21.3. The molecule has 2 aromatic carbocycles. The number of esters is 1. The van der Waals surface area contributed by atoms with Gasteiger partial charge in [-0.15, -0.1) is 11.3 Å². The maximum absolute atomic E-state index is 12.8. The third-order valence-electron chi connectivity index (χ3n) is 6.38. The van der Waals surface area contributed by atoms with Gasteiger partial charge in [0.2, 0.25) is 0 Å². The number of hydrogen-bond donors (Lipinski definition) is 1. The second-order valence-corrected chi connectivity index (χ2v) is 12.1. The quantitative estimate of drug-likeness (QED) is 0.188. The van der Waals surface area contributed by atoms with Crippen LogP contribution in [0, 0.1) is 0 Å². The maximum atomic E-state index is 12.8. The van der Waals surface area contributed by atoms with Crippen LogP contribution in [0.15, 0.2) is 42.6 Å². The summed E-state index contributed by atoms with van der Waals surface area (Å²) in [7, 11) is 1.38. The Morgan fingerprint density at radius 1 is 1.21 bits per heavy atom. The van der Waals surface area contributed by atoms with E-state index in [0.717, 1.165) is 32.9 Å². The summed E-state index contributed by atoms with van der Waals surface area (Å²) in [6.07, 6.45) is 3.47. The van der Waals surface area contributed by atoms with Crippen LogP contribution in [0.4, 0.5) is 10.8 Å². The molecule has 4 aromatic rings. The summed E-state index contributed by atoms with van der Waals surface area (Å²) in [6, 6.07) is 11.1. The third kappa shape index (κ3) is 6.42. The number of ether oxygens (including phenoxy) is 1. The van der Waals surface area contributed by atoms with Crippen molar-refractivity contribution in [2.24, 2.45) is 0 Å². The maximum Gasteiger partial charge on any atom is 0.305 e. The van der Waals surface area contributed by atoms with Gasteiger partial charge in [-0.05, 0) is 50.5 Å². The van der Waals surface area contributed by atoms with Gasteiger partial charge >= 0.3 is 5.97 Å². The molecule has 2 aromatic heterocycles. The van der Waals surface area contributed by atoms with Crippen molar-refractivity contribution in [3.8, 4) is 0 Å². The van der Waals surface area contributed by atoms with Crippen molar-refractivity contribution < 1.29 is 19.2 Å². The minimum Gasteiger partial charge on any atom is -0.469 e. The zero-order chi connectivity index (χ0) is 27.5. The Balaban J connectivity index is 1.32. The minimum absolute atomic E-state index is 0.0991. The molecule has 1 fully saturated rings. The monoisotopic (exact) mass is 604 g/mol. The second kappa shape index (κ2) is 12.3. The first kappa shape index (κ1) is 27.9. The first-order valence-electron chi connectivity index (χ1n) is 12.4. The molecule has 0 radical (unpaired) electrons. The molecular formula is C27H26Cl2N4O4S2. The first-order valence-corrected chi connectivity index (χ1v) is 14.8. The van der Waals surface area contributed by atoms with Crippen molar-refractivity contribution in [3.05, 3.63) is 68.1 Å². The third-order valence-corrected chi connectivity index (χ3v) is 9.13. The van der Waals surface area contributed by atoms with E-state index in [2.05, 4.69) is 15.3 Å². The van der Waals surface area contributed by atoms with Gasteiger partial charge < -0.3 is 10.1 Å². The summed E-state index contributed by atoms with van der Waals surface area (Å²) in [4.78, 5) is 40.7. The molecule has 1 saturated heterocycles. The smallest absolute Gasteiger partial charge is 0.305 e. The number of aromatic nitrogens is 2. The van der Waals surface area contributed by atoms with Crippen molar-refractivity contribution in [2.45, 2.75) is 44.8 Å². The number of aryl methyl sites for hydroxylation is 1. The first-order chi connectivity index (χ1) is 18.8. The van der Waals surface area contributed by atoms with Crippen LogP contribution in [-0.2, 0) is 25.6 Å². The number of anilines is 2. The number of para-hydroxylation sites is 1. The van der Waals surface area contributed by atoms with E-state index in [1.807, 2.05) is 29.3 Å². The summed E-state index contributed by atoms with van der Waals surface area (Å²) < 4.78 is 5.79. The van der Waals surface area contributed by atoms with Crippen molar-refractivity contribution in [2.75, 3.05) is 19.0 Å². The lowest BCUT2D eigenvalue weighted by Gasteiger charge is -2.27. The van der Waals surface area contributed by atoms with Gasteiger partial charge in [-0.25, -0.2) is 9.97 Å². The van der Waals surface area contributed by atoms with Gasteiger partial charge in [0, 0.05) is 28.2 Å². The molecule has 8 nitrogen and oxygen atoms in total. The Bertz CT molecular complexity index is 1480. The molecule has 0 bridgehead atoms. The number of fused-ring (bicyclic) bond motifs is 1. The van der Waals surface area contributed by atoms with E-state index in [1.54, 1.807) is 29.7 Å². The van der Waals surface area contributed by atoms with Crippen LogP contribution in [0.2, 0.25) is 10.0 Å². The normalized spacial score (nSPS) is 16.5. The predicted octanol–water partition coefficient (Wildman–Crippen LogP) is 7.31. The molecule has 1 aliphatic heterocycles. The number of hydrogen-bond acceptors (Lipinski definition) is 10. The fourth-order valence-electron chi connectivity index (χ4n) is 4.42. The van der Waals surface area contributed by atoms with Crippen LogP contribution in [0.25, 0.3) is 10.2 Å². The van der Waals surface area contributed by atoms with Crippen LogP contribution >= 0.6 is 45.9 Å². The van der Waals surface area contributed by atoms with E-state index in [4.69, 9.17) is 32.8 Å². The highest BCUT2D eigenvalue weighted by atomic mass is 35.5. The van der Waals surface area contributed by atoms with Crippen molar-refractivity contribution in [1.82, 2.24) is 15.0 Å². The van der Waals surface area contributed by atoms with E-state index in [0.29, 0.717) is 45.8 Å². The van der Waals surface area contributed by atoms with Crippen molar-refractivity contribution in [3.63, 3.8) is 0 Å². The highest BCUT2D eigenvalue weighted by molar-refractivity contribution is 7.22. The Labute approximate surface area is 243 Å². The summed E-state index contributed by atoms with van der Waals surface area (Å²) in [6.45, 7) is 2.12. The average Bonchev–Trinajstić information content (AvgIpc) is 3.66. The lowest BCUT2D eigenvalue weighted by atomic mass is 10.1. The number of rotatable bonds is 10. The number of thiazole rings is 2. The molecular weight excluding hydrogens is 579 g/mol. The number of halogens is 2. The average molecular weight is 606 g/mol. The topological polar surface area (TPSA) is 93.6 Å². The summed E-state index contributed by atoms with van der Waals surface area (Å²) >= 11 is 16.4. The Morgan fingerprint density at radius 3 is 2.79 bits per heavy atom. The number of nitrogens with zero attached hydrogens (tertiary/aromatic N) is 3. The van der Waals surface area contributed by atoms with Gasteiger partial charge in [-0.2, -0.15) is 5.06 Å². The zero-order valence-corrected chi connectivity index (χ0v) is 24.4. The van der Waals surface area contributed by atoms with E-state index in [-0.39, 0.29) is 17.8 Å². The highest BCUT2D eigenvalue weighted by Gasteiger charge is 2.34. The lowest BCUT2D eigenvalue weighted by molar-refractivity contribution is -0.209. The molecule has 0 aliphatic carbocycles. The fourth-order valence-corrected chi connectivity index (χ4v) is 6.83. The van der Waals surface area contributed by atoms with Crippen LogP contribution in [0.1, 0.15) is 53.8 Å². The van der Waals surface area contributed by atoms with Crippen molar-refractivity contribution in [1.29, 1.82) is 0 Å². The van der Waals surface area contributed by atoms with E-state index in [1.165, 1.54) is 25.4 Å². The van der Waals surface area contributed by atoms with E-state index in [9.17, 15) is 9.59 Å². The number of methoxy groups -OCH3 is 1. The SMILES string of the molecule is COC(=O)CCc1cnc([C@@H]2CCCN2OC(C(C)=O)c2cc(Cl)c(Nc3nc4ccccc4s3)cc2Cl)s1. The molecule has 0 amide bonds. The van der Waals surface area contributed by atoms with Gasteiger partial charge in [-0.3, -0.25) is 14.4 Å². The lowest BCUT2D eigenvalue weighted by Crippen LogP contribution is -2.29. The molecule has 1 unspecified atom stereocenters. The Morgan fingerprint density at radius 2 is 2.03 bits per heavy atom. The number of Topliss-reactive ketones (excluding diaryl/α,β-unsaturated/α-hetero) is 1. The number of carbonyl (C=O) groups excluding carboxylic acids is 2. The van der Waals surface area contributed by atoms with Gasteiger partial charge in [-0.1, -0.05) is 46.7 Å². The second-order valence-electron chi connectivity index (χ2n) is 9.10. The van der Waals surface area contributed by atoms with Crippen LogP contribution in [0.3, 0.4) is 0 Å². The summed E-state index contributed by atoms with van der Waals surface area (Å²) in [5, 5.41) is 7.39. The van der Waals surface area contributed by atoms with Crippen molar-refractivity contribution >= 4 is 78.7 Å². The van der Waals surface area contributed by atoms with Crippen LogP contribution < -0.4 is 5.32 Å². The van der Waals surface area contributed by atoms with Crippen LogP contribution in [-0.4, -0.2) is 40.4 Å². The van der Waals surface area contributed by atoms with E-state index < -0.39 is 6.10 Å². The Hall–Kier alpha value is -2.60. The Kier molecular flexibility index (Phi) is 8.80. The van der Waals surface area contributed by atoms with Gasteiger partial charge in [0.05, 0.1) is 40.5 Å². The molecule has 204 valence electrons. The molecule has 3 heterocycles. The van der Waals surface area contributed by atoms with Gasteiger partial charge in [0.1, 0.15) is 5.01 Å². The molecule has 0 spiro atoms. The standard InChI is InChI=1S/C27H26Cl2N4O4S2/c1-15(34)25(37-33-11-5-7-22(33)26-30-14-16(38-26)9-10-24(35)36-2)17-12-19(29)21(13-18(17)28)32-27-31-20-6-3-4-8-23(20)39-27/h3-4,6,8,12-14,22,25H,5,7,9-11H2,1-2H3,(H,31,32)/t22-,25?/m0/s1. The predicted molar refractivity (Wildman–Crippen MR) is 155 cm³/mol. The number of hydroxylamine groups is 2. The molecule has 5 rings (SSSR count). The highest BCUT2D eigenvalue weighted by Crippen LogP contribution is 2.41. The molecule has 0 saturated carbocycles. The molecule has 39 heavy (non-hydrogen) atoms. The molecule has 2 atom stereocenters. The number of carbonyl (C=O) groups is 2. The van der Waals surface area contributed by atoms with Gasteiger partial charge in [0.15, 0.2) is 17.0 Å². The van der Waals surface area contributed by atoms with Gasteiger partial charge in [0.25, 0.3) is 0 Å².